The normalized spacial score (nSPS) is 18.1. The summed E-state index contributed by atoms with van der Waals surface area (Å²) >= 11 is 0. The minimum Gasteiger partial charge on any atom is -0.379 e. The number of nitrogens with one attached hydrogen (secondary N) is 1. The molecule has 0 spiro atoms. The quantitative estimate of drug-likeness (QED) is 0.790. The Morgan fingerprint density at radius 3 is 2.65 bits per heavy atom. The van der Waals surface area contributed by atoms with Gasteiger partial charge in [-0.05, 0) is 12.0 Å². The average molecular weight is 276 g/mol. The van der Waals surface area contributed by atoms with Crippen molar-refractivity contribution >= 4 is 0 Å². The van der Waals surface area contributed by atoms with Gasteiger partial charge in [-0.2, -0.15) is 0 Å². The molecule has 1 aromatic carbocycles. The van der Waals surface area contributed by atoms with Crippen LogP contribution in [0.25, 0.3) is 0 Å². The SMILES string of the molecule is CCCCC(NCCN1CCOCC1)c1ccccc1. The Kier molecular flexibility index (Phi) is 7.06. The van der Waals surface area contributed by atoms with Crippen LogP contribution in [-0.4, -0.2) is 44.3 Å². The van der Waals surface area contributed by atoms with Gasteiger partial charge in [-0.3, -0.25) is 4.90 Å². The minimum absolute atomic E-state index is 0.497. The molecule has 1 saturated heterocycles. The average Bonchev–Trinajstić information content (AvgIpc) is 2.52. The maximum absolute atomic E-state index is 5.39. The zero-order chi connectivity index (χ0) is 14.0. The molecule has 112 valence electrons. The van der Waals surface area contributed by atoms with Gasteiger partial charge >= 0.3 is 0 Å². The van der Waals surface area contributed by atoms with Crippen LogP contribution in [0.4, 0.5) is 0 Å². The summed E-state index contributed by atoms with van der Waals surface area (Å²) in [6.07, 6.45) is 3.77. The summed E-state index contributed by atoms with van der Waals surface area (Å²) in [5.41, 5.74) is 1.42. The summed E-state index contributed by atoms with van der Waals surface area (Å²) in [5.74, 6) is 0. The number of hydrogen-bond acceptors (Lipinski definition) is 3. The molecular weight excluding hydrogens is 248 g/mol. The van der Waals surface area contributed by atoms with Crippen molar-refractivity contribution in [3.05, 3.63) is 35.9 Å². The van der Waals surface area contributed by atoms with Crippen LogP contribution in [0.15, 0.2) is 30.3 Å². The fourth-order valence-electron chi connectivity index (χ4n) is 2.70. The third-order valence-corrected chi connectivity index (χ3v) is 3.97. The smallest absolute Gasteiger partial charge is 0.0594 e. The van der Waals surface area contributed by atoms with E-state index in [4.69, 9.17) is 4.74 Å². The highest BCUT2D eigenvalue weighted by atomic mass is 16.5. The topological polar surface area (TPSA) is 24.5 Å². The Morgan fingerprint density at radius 1 is 1.20 bits per heavy atom. The van der Waals surface area contributed by atoms with Gasteiger partial charge in [0.25, 0.3) is 0 Å². The van der Waals surface area contributed by atoms with Crippen LogP contribution in [0, 0.1) is 0 Å². The van der Waals surface area contributed by atoms with E-state index in [1.165, 1.54) is 24.8 Å². The van der Waals surface area contributed by atoms with Crippen LogP contribution < -0.4 is 5.32 Å². The van der Waals surface area contributed by atoms with E-state index >= 15 is 0 Å². The summed E-state index contributed by atoms with van der Waals surface area (Å²) in [5, 5.41) is 3.74. The maximum atomic E-state index is 5.39. The molecule has 1 heterocycles. The molecule has 1 aromatic rings. The van der Waals surface area contributed by atoms with Crippen molar-refractivity contribution in [1.82, 2.24) is 10.2 Å². The lowest BCUT2D eigenvalue weighted by atomic mass is 10.0. The molecule has 1 atom stereocenters. The number of nitrogens with zero attached hydrogens (tertiary/aromatic N) is 1. The summed E-state index contributed by atoms with van der Waals surface area (Å²) in [6, 6.07) is 11.3. The van der Waals surface area contributed by atoms with Crippen molar-refractivity contribution in [3.8, 4) is 0 Å². The highest BCUT2D eigenvalue weighted by molar-refractivity contribution is 5.18. The first-order valence-electron chi connectivity index (χ1n) is 7.98. The van der Waals surface area contributed by atoms with E-state index in [0.29, 0.717) is 6.04 Å². The van der Waals surface area contributed by atoms with Gasteiger partial charge in [0.15, 0.2) is 0 Å². The largest absolute Gasteiger partial charge is 0.379 e. The number of hydrogen-bond donors (Lipinski definition) is 1. The van der Waals surface area contributed by atoms with E-state index in [0.717, 1.165) is 39.4 Å². The highest BCUT2D eigenvalue weighted by Crippen LogP contribution is 2.18. The van der Waals surface area contributed by atoms with E-state index in [1.807, 2.05) is 0 Å². The molecule has 0 amide bonds. The predicted octanol–water partition coefficient (Wildman–Crippen LogP) is 2.84. The molecule has 20 heavy (non-hydrogen) atoms. The third kappa shape index (κ3) is 5.23. The monoisotopic (exact) mass is 276 g/mol. The number of rotatable bonds is 8. The van der Waals surface area contributed by atoms with Gasteiger partial charge in [0, 0.05) is 32.2 Å². The zero-order valence-electron chi connectivity index (χ0n) is 12.7. The molecule has 0 saturated carbocycles. The number of ether oxygens (including phenoxy) is 1. The van der Waals surface area contributed by atoms with Gasteiger partial charge in [0.1, 0.15) is 0 Å². The molecule has 0 aromatic heterocycles. The molecule has 2 rings (SSSR count). The van der Waals surface area contributed by atoms with Crippen molar-refractivity contribution in [1.29, 1.82) is 0 Å². The van der Waals surface area contributed by atoms with Gasteiger partial charge in [-0.15, -0.1) is 0 Å². The Balaban J connectivity index is 1.78. The van der Waals surface area contributed by atoms with Gasteiger partial charge < -0.3 is 10.1 Å². The lowest BCUT2D eigenvalue weighted by Gasteiger charge is -2.28. The van der Waals surface area contributed by atoms with E-state index in [-0.39, 0.29) is 0 Å². The number of benzene rings is 1. The number of unbranched alkanes of at least 4 members (excludes halogenated alkanes) is 1. The molecule has 1 fully saturated rings. The first kappa shape index (κ1) is 15.5. The lowest BCUT2D eigenvalue weighted by Crippen LogP contribution is -2.40. The summed E-state index contributed by atoms with van der Waals surface area (Å²) in [6.45, 7) is 8.37. The van der Waals surface area contributed by atoms with E-state index in [1.54, 1.807) is 0 Å². The van der Waals surface area contributed by atoms with Crippen LogP contribution in [0.3, 0.4) is 0 Å². The van der Waals surface area contributed by atoms with Gasteiger partial charge in [-0.1, -0.05) is 50.1 Å². The second-order valence-electron chi connectivity index (χ2n) is 5.51. The molecule has 1 N–H and O–H groups in total. The van der Waals surface area contributed by atoms with Crippen LogP contribution in [0.2, 0.25) is 0 Å². The van der Waals surface area contributed by atoms with Gasteiger partial charge in [0.05, 0.1) is 13.2 Å². The van der Waals surface area contributed by atoms with Crippen LogP contribution in [0.5, 0.6) is 0 Å². The Morgan fingerprint density at radius 2 is 1.95 bits per heavy atom. The molecule has 0 aliphatic carbocycles. The fourth-order valence-corrected chi connectivity index (χ4v) is 2.70. The van der Waals surface area contributed by atoms with Crippen molar-refractivity contribution in [3.63, 3.8) is 0 Å². The first-order chi connectivity index (χ1) is 9.90. The Hall–Kier alpha value is -0.900. The minimum atomic E-state index is 0.497. The van der Waals surface area contributed by atoms with Crippen molar-refractivity contribution in [2.75, 3.05) is 39.4 Å². The molecule has 1 unspecified atom stereocenters. The lowest BCUT2D eigenvalue weighted by molar-refractivity contribution is 0.0381. The van der Waals surface area contributed by atoms with Crippen molar-refractivity contribution in [2.45, 2.75) is 32.2 Å². The maximum Gasteiger partial charge on any atom is 0.0594 e. The fraction of sp³-hybridized carbons (Fsp3) is 0.647. The van der Waals surface area contributed by atoms with Crippen molar-refractivity contribution in [2.24, 2.45) is 0 Å². The molecule has 1 aliphatic rings. The predicted molar refractivity (Wildman–Crippen MR) is 84.0 cm³/mol. The zero-order valence-corrected chi connectivity index (χ0v) is 12.7. The van der Waals surface area contributed by atoms with E-state index in [9.17, 15) is 0 Å². The molecular formula is C17H28N2O. The second-order valence-corrected chi connectivity index (χ2v) is 5.51. The molecule has 3 nitrogen and oxygen atoms in total. The van der Waals surface area contributed by atoms with Crippen LogP contribution >= 0.6 is 0 Å². The van der Waals surface area contributed by atoms with E-state index < -0.39 is 0 Å². The third-order valence-electron chi connectivity index (χ3n) is 3.97. The second kappa shape index (κ2) is 9.11. The molecule has 0 bridgehead atoms. The van der Waals surface area contributed by atoms with Crippen LogP contribution in [-0.2, 0) is 4.74 Å². The molecule has 0 radical (unpaired) electrons. The van der Waals surface area contributed by atoms with Crippen molar-refractivity contribution < 1.29 is 4.74 Å². The standard InChI is InChI=1S/C17H28N2O/c1-2-3-9-17(16-7-5-4-6-8-16)18-10-11-19-12-14-20-15-13-19/h4-8,17-18H,2-3,9-15H2,1H3. The summed E-state index contributed by atoms with van der Waals surface area (Å²) < 4.78 is 5.39. The van der Waals surface area contributed by atoms with Gasteiger partial charge in [-0.25, -0.2) is 0 Å². The molecule has 3 heteroatoms. The van der Waals surface area contributed by atoms with Gasteiger partial charge in [0.2, 0.25) is 0 Å². The van der Waals surface area contributed by atoms with E-state index in [2.05, 4.69) is 47.5 Å². The molecule has 1 aliphatic heterocycles. The Bertz CT molecular complexity index is 349. The van der Waals surface area contributed by atoms with Crippen LogP contribution in [0.1, 0.15) is 37.8 Å². The summed E-state index contributed by atoms with van der Waals surface area (Å²) in [7, 11) is 0. The number of morpholine rings is 1. The first-order valence-corrected chi connectivity index (χ1v) is 7.98. The highest BCUT2D eigenvalue weighted by Gasteiger charge is 2.12. The summed E-state index contributed by atoms with van der Waals surface area (Å²) in [4.78, 5) is 2.48. The Labute approximate surface area is 123 Å².